The second-order valence-electron chi connectivity index (χ2n) is 23.2. The van der Waals surface area contributed by atoms with Gasteiger partial charge in [0.1, 0.15) is 48.3 Å². The lowest BCUT2D eigenvalue weighted by atomic mass is 9.98. The Morgan fingerprint density at radius 2 is 0.927 bits per heavy atom. The van der Waals surface area contributed by atoms with Crippen molar-refractivity contribution in [1.82, 2.24) is 35.9 Å². The number of amides is 3. The summed E-state index contributed by atoms with van der Waals surface area (Å²) < 4.78 is 172. The average molecular weight is 1390 g/mol. The summed E-state index contributed by atoms with van der Waals surface area (Å²) in [6, 6.07) is -1.68. The number of nitrogens with one attached hydrogen (secondary N) is 5. The number of alkyl halides is 6. The van der Waals surface area contributed by atoms with E-state index in [1.54, 1.807) is 27.7 Å². The van der Waals surface area contributed by atoms with Crippen molar-refractivity contribution in [3.05, 3.63) is 46.6 Å². The highest BCUT2D eigenvalue weighted by Crippen LogP contribution is 2.39. The highest BCUT2D eigenvalue weighted by molar-refractivity contribution is 5.77. The minimum absolute atomic E-state index is 0.0519. The van der Waals surface area contributed by atoms with Gasteiger partial charge in [-0.1, -0.05) is 11.5 Å². The van der Waals surface area contributed by atoms with Gasteiger partial charge in [0.05, 0.1) is 188 Å². The third-order valence-corrected chi connectivity index (χ3v) is 14.5. The Labute approximate surface area is 552 Å². The van der Waals surface area contributed by atoms with E-state index in [1.807, 2.05) is 0 Å². The van der Waals surface area contributed by atoms with E-state index in [1.165, 1.54) is 12.4 Å². The van der Waals surface area contributed by atoms with Gasteiger partial charge in [0.15, 0.2) is 23.0 Å². The van der Waals surface area contributed by atoms with E-state index >= 15 is 0 Å². The zero-order valence-corrected chi connectivity index (χ0v) is 54.6. The SMILES string of the molecule is CC1(C)O[C@@H]2[C@H](O1)[C@@H](Nc1cncc(C(F)(F)F)n1)CO[C@@H]2COCCOCCOCCOCCNC(=O)CCOCC(COCCC(=O)NCCOCCOCCOCCOC[C@H]1OC[C@H](Nc2cncc(C(F)(F)F)n2)[C@H]2OC(C)(C)O[C@H]21)NC(=O)CCCCCN=[N+]=[N-]. The maximum atomic E-state index is 13.2. The third-order valence-electron chi connectivity index (χ3n) is 14.5. The first-order valence-electron chi connectivity index (χ1n) is 32.0. The molecule has 0 aromatic carbocycles. The quantitative estimate of drug-likeness (QED) is 0.0206. The van der Waals surface area contributed by atoms with Gasteiger partial charge in [0, 0.05) is 43.8 Å². The van der Waals surface area contributed by atoms with Crippen molar-refractivity contribution in [3.8, 4) is 0 Å². The maximum Gasteiger partial charge on any atom is 0.434 e. The minimum atomic E-state index is -4.65. The highest BCUT2D eigenvalue weighted by atomic mass is 19.4. The summed E-state index contributed by atoms with van der Waals surface area (Å²) in [6.07, 6.45) is -6.55. The van der Waals surface area contributed by atoms with Crippen LogP contribution in [0.3, 0.4) is 0 Å². The predicted octanol–water partition coefficient (Wildman–Crippen LogP) is 3.94. The molecule has 2 aromatic rings. The lowest BCUT2D eigenvalue weighted by Crippen LogP contribution is -2.55. The standard InChI is InChI=1S/C59H92F6N12O19/c1-56(2)93-52-41(73-47-32-67-30-45(75-47)58(60,61)62)36-91-43(54(52)95-56)38-89-28-26-85-24-22-83-20-18-81-16-12-69-49(78)9-14-87-34-40(72-51(80)8-6-5-7-11-71-77-66)35-88-15-10-50(79)70-13-17-82-19-21-84-23-25-86-27-29-90-39-44-55-53(94-57(3,4)96-55)42(37-92-44)74-48-33-68-31-46(76-48)59(63,64)65/h30-33,40-44,52-55H,5-29,34-39H2,1-4H3,(H,69,78)(H,70,79)(H,72,80)(H,73,75)(H,74,76)/t41-,42-,43+,44+,52+,53+,54-,55-/m0/s1. The number of unbranched alkanes of at least 4 members (excludes halogenated alkanes) is 2. The summed E-state index contributed by atoms with van der Waals surface area (Å²) in [5, 5.41) is 17.8. The van der Waals surface area contributed by atoms with E-state index in [0.29, 0.717) is 91.1 Å². The summed E-state index contributed by atoms with van der Waals surface area (Å²) in [6.45, 7) is 12.6. The smallest absolute Gasteiger partial charge is 0.379 e. The first-order chi connectivity index (χ1) is 46.1. The molecule has 0 bridgehead atoms. The largest absolute Gasteiger partial charge is 0.434 e. The van der Waals surface area contributed by atoms with Crippen molar-refractivity contribution < 1.29 is 117 Å². The monoisotopic (exact) mass is 1390 g/mol. The second-order valence-corrected chi connectivity index (χ2v) is 23.2. The fraction of sp³-hybridized carbons (Fsp3) is 0.814. The fourth-order valence-corrected chi connectivity index (χ4v) is 10.0. The van der Waals surface area contributed by atoms with Crippen LogP contribution in [0.5, 0.6) is 0 Å². The number of ether oxygens (including phenoxy) is 16. The van der Waals surface area contributed by atoms with Crippen molar-refractivity contribution in [2.75, 3.05) is 176 Å². The molecule has 6 rings (SSSR count). The molecule has 4 fully saturated rings. The van der Waals surface area contributed by atoms with Crippen LogP contribution in [-0.2, 0) is 103 Å². The molecule has 0 aliphatic carbocycles. The Balaban J connectivity index is 0.713. The number of azide groups is 1. The Bertz CT molecular complexity index is 2480. The molecule has 8 atom stereocenters. The summed E-state index contributed by atoms with van der Waals surface area (Å²) >= 11 is 0. The molecule has 5 N–H and O–H groups in total. The van der Waals surface area contributed by atoms with Gasteiger partial charge >= 0.3 is 12.4 Å². The zero-order chi connectivity index (χ0) is 69.1. The second kappa shape index (κ2) is 42.4. The number of rotatable bonds is 49. The molecule has 4 saturated heterocycles. The first-order valence-corrected chi connectivity index (χ1v) is 32.0. The Kier molecular flexibility index (Phi) is 35.1. The molecule has 4 aliphatic rings. The molecule has 544 valence electrons. The number of carbonyl (C=O) groups excluding carboxylic acids is 3. The van der Waals surface area contributed by atoms with E-state index < -0.39 is 90.1 Å². The van der Waals surface area contributed by atoms with Crippen molar-refractivity contribution >= 4 is 29.4 Å². The normalized spacial score (nSPS) is 22.4. The average Bonchev–Trinajstić information content (AvgIpc) is 1.62. The van der Waals surface area contributed by atoms with Gasteiger partial charge in [0.2, 0.25) is 17.7 Å². The van der Waals surface area contributed by atoms with Crippen LogP contribution in [0.4, 0.5) is 38.0 Å². The lowest BCUT2D eigenvalue weighted by Gasteiger charge is -2.37. The lowest BCUT2D eigenvalue weighted by molar-refractivity contribution is -0.161. The van der Waals surface area contributed by atoms with Gasteiger partial charge in [-0.05, 0) is 46.1 Å². The third kappa shape index (κ3) is 30.7. The fourth-order valence-electron chi connectivity index (χ4n) is 10.0. The molecule has 2 aromatic heterocycles. The van der Waals surface area contributed by atoms with Gasteiger partial charge in [0.25, 0.3) is 0 Å². The number of hydrogen-bond acceptors (Lipinski definition) is 26. The van der Waals surface area contributed by atoms with Crippen LogP contribution in [-0.4, -0.2) is 269 Å². The van der Waals surface area contributed by atoms with E-state index in [4.69, 9.17) is 81.3 Å². The molecule has 0 spiro atoms. The van der Waals surface area contributed by atoms with Crippen LogP contribution in [0.25, 0.3) is 10.4 Å². The molecule has 3 amide bonds. The van der Waals surface area contributed by atoms with Crippen molar-refractivity contribution in [2.45, 2.75) is 145 Å². The molecule has 96 heavy (non-hydrogen) atoms. The maximum absolute atomic E-state index is 13.2. The molecule has 0 saturated carbocycles. The summed E-state index contributed by atoms with van der Waals surface area (Å²) in [4.78, 5) is 55.0. The van der Waals surface area contributed by atoms with Gasteiger partial charge < -0.3 is 102 Å². The van der Waals surface area contributed by atoms with Crippen LogP contribution in [0.1, 0.15) is 77.6 Å². The molecule has 0 unspecified atom stereocenters. The van der Waals surface area contributed by atoms with Gasteiger partial charge in [-0.2, -0.15) is 26.3 Å². The number of hydrogen-bond donors (Lipinski definition) is 5. The molecule has 31 nitrogen and oxygen atoms in total. The molecular weight excluding hydrogens is 1290 g/mol. The number of fused-ring (bicyclic) bond motifs is 2. The summed E-state index contributed by atoms with van der Waals surface area (Å²) in [5.41, 5.74) is 6.25. The number of halogens is 6. The number of anilines is 2. The van der Waals surface area contributed by atoms with Gasteiger partial charge in [-0.25, -0.2) is 9.97 Å². The molecule has 37 heteroatoms. The van der Waals surface area contributed by atoms with Crippen LogP contribution >= 0.6 is 0 Å². The number of carbonyl (C=O) groups is 3. The molecule has 4 aliphatic heterocycles. The van der Waals surface area contributed by atoms with E-state index in [0.717, 1.165) is 0 Å². The van der Waals surface area contributed by atoms with Crippen LogP contribution in [0, 0.1) is 0 Å². The van der Waals surface area contributed by atoms with Crippen LogP contribution < -0.4 is 26.6 Å². The van der Waals surface area contributed by atoms with Crippen LogP contribution in [0.2, 0.25) is 0 Å². The first kappa shape index (κ1) is 79.4. The van der Waals surface area contributed by atoms with Gasteiger partial charge in [-0.3, -0.25) is 24.4 Å². The molecule has 0 radical (unpaired) electrons. The van der Waals surface area contributed by atoms with E-state index in [2.05, 4.69) is 56.5 Å². The molecular formula is C59H92F6N12O19. The zero-order valence-electron chi connectivity index (χ0n) is 54.6. The number of aromatic nitrogens is 4. The summed E-state index contributed by atoms with van der Waals surface area (Å²) in [7, 11) is 0. The Morgan fingerprint density at radius 3 is 1.33 bits per heavy atom. The molecule has 6 heterocycles. The predicted molar refractivity (Wildman–Crippen MR) is 324 cm³/mol. The number of nitrogens with zero attached hydrogens (tertiary/aromatic N) is 7. The highest BCUT2D eigenvalue weighted by Gasteiger charge is 2.54. The Hall–Kier alpha value is -5.58. The van der Waals surface area contributed by atoms with Gasteiger partial charge in [-0.15, -0.1) is 0 Å². The topological polar surface area (TPSA) is 359 Å². The van der Waals surface area contributed by atoms with Crippen LogP contribution in [0.15, 0.2) is 29.9 Å². The van der Waals surface area contributed by atoms with Crippen molar-refractivity contribution in [2.24, 2.45) is 5.11 Å². The van der Waals surface area contributed by atoms with Crippen molar-refractivity contribution in [3.63, 3.8) is 0 Å². The Morgan fingerprint density at radius 1 is 0.531 bits per heavy atom. The van der Waals surface area contributed by atoms with E-state index in [-0.39, 0.29) is 154 Å². The summed E-state index contributed by atoms with van der Waals surface area (Å²) in [5.74, 6) is -2.80. The van der Waals surface area contributed by atoms with Crippen molar-refractivity contribution in [1.29, 1.82) is 0 Å². The van der Waals surface area contributed by atoms with E-state index in [9.17, 15) is 40.7 Å². The minimum Gasteiger partial charge on any atom is -0.379 e.